The quantitative estimate of drug-likeness (QED) is 0.469. The molecule has 0 aromatic heterocycles. The largest absolute Gasteiger partial charge is 0.346 e. The van der Waals surface area contributed by atoms with Gasteiger partial charge in [-0.15, -0.1) is 0 Å². The Hall–Kier alpha value is -0.200. The summed E-state index contributed by atoms with van der Waals surface area (Å²) in [6.45, 7) is 2.26. The molecule has 2 fully saturated rings. The minimum absolute atomic E-state index is 0.0509. The Balaban J connectivity index is 2.03. The molecule has 0 radical (unpaired) electrons. The lowest BCUT2D eigenvalue weighted by molar-refractivity contribution is -0.383. The van der Waals surface area contributed by atoms with E-state index in [1.165, 1.54) is 0 Å². The molecule has 11 heavy (non-hydrogen) atoms. The molecule has 5 heteroatoms. The van der Waals surface area contributed by atoms with Crippen molar-refractivity contribution in [1.29, 1.82) is 0 Å². The standard InChI is InChI=1S/C6H10O5/c1-4-5-6(9-2-8-5)11-10-3-7-4/h4-6H,2-3H2,1H3. The first-order chi connectivity index (χ1) is 5.38. The van der Waals surface area contributed by atoms with Gasteiger partial charge in [0.1, 0.15) is 6.10 Å². The fraction of sp³-hybridized carbons (Fsp3) is 1.00. The molecule has 0 bridgehead atoms. The number of ether oxygens (including phenoxy) is 3. The number of fused-ring (bicyclic) bond motifs is 1. The highest BCUT2D eigenvalue weighted by molar-refractivity contribution is 4.73. The lowest BCUT2D eigenvalue weighted by Crippen LogP contribution is -2.33. The average Bonchev–Trinajstić information content (AvgIpc) is 2.40. The third-order valence-electron chi connectivity index (χ3n) is 1.77. The summed E-state index contributed by atoms with van der Waals surface area (Å²) in [5.41, 5.74) is 0. The van der Waals surface area contributed by atoms with Crippen molar-refractivity contribution < 1.29 is 24.0 Å². The highest BCUT2D eigenvalue weighted by atomic mass is 17.2. The minimum atomic E-state index is -0.438. The van der Waals surface area contributed by atoms with Gasteiger partial charge in [0.15, 0.2) is 13.6 Å². The highest BCUT2D eigenvalue weighted by Crippen LogP contribution is 2.21. The maximum Gasteiger partial charge on any atom is 0.222 e. The number of hydrogen-bond donors (Lipinski definition) is 0. The molecule has 0 aliphatic carbocycles. The van der Waals surface area contributed by atoms with Gasteiger partial charge in [-0.05, 0) is 6.92 Å². The van der Waals surface area contributed by atoms with Crippen LogP contribution in [0.3, 0.4) is 0 Å². The van der Waals surface area contributed by atoms with Crippen LogP contribution in [-0.4, -0.2) is 32.1 Å². The Morgan fingerprint density at radius 3 is 2.91 bits per heavy atom. The molecule has 64 valence electrons. The van der Waals surface area contributed by atoms with E-state index in [4.69, 9.17) is 19.1 Å². The fourth-order valence-electron chi connectivity index (χ4n) is 1.12. The zero-order chi connectivity index (χ0) is 7.68. The molecule has 0 spiro atoms. The Morgan fingerprint density at radius 2 is 2.00 bits per heavy atom. The summed E-state index contributed by atoms with van der Waals surface area (Å²) in [6.07, 6.45) is -0.657. The van der Waals surface area contributed by atoms with Gasteiger partial charge in [-0.3, -0.25) is 0 Å². The molecule has 0 aromatic rings. The minimum Gasteiger partial charge on any atom is -0.346 e. The van der Waals surface area contributed by atoms with E-state index in [1.807, 2.05) is 6.92 Å². The van der Waals surface area contributed by atoms with E-state index < -0.39 is 6.29 Å². The second-order valence-electron chi connectivity index (χ2n) is 2.49. The fourth-order valence-corrected chi connectivity index (χ4v) is 1.12. The first kappa shape index (κ1) is 7.45. The molecule has 0 saturated carbocycles. The molecule has 0 N–H and O–H groups in total. The Labute approximate surface area is 64.0 Å². The van der Waals surface area contributed by atoms with Crippen molar-refractivity contribution in [2.45, 2.75) is 25.4 Å². The van der Waals surface area contributed by atoms with Crippen LogP contribution in [0.4, 0.5) is 0 Å². The molecule has 2 saturated heterocycles. The van der Waals surface area contributed by atoms with E-state index >= 15 is 0 Å². The molecular formula is C6H10O5. The number of hydrogen-bond acceptors (Lipinski definition) is 5. The van der Waals surface area contributed by atoms with E-state index in [0.717, 1.165) is 0 Å². The molecule has 3 atom stereocenters. The van der Waals surface area contributed by atoms with Crippen LogP contribution >= 0.6 is 0 Å². The molecular weight excluding hydrogens is 152 g/mol. The van der Waals surface area contributed by atoms with Crippen LogP contribution < -0.4 is 0 Å². The molecule has 2 rings (SSSR count). The molecule has 3 unspecified atom stereocenters. The van der Waals surface area contributed by atoms with Gasteiger partial charge < -0.3 is 14.2 Å². The lowest BCUT2D eigenvalue weighted by atomic mass is 10.2. The molecule has 0 aromatic carbocycles. The molecule has 5 nitrogen and oxygen atoms in total. The van der Waals surface area contributed by atoms with Gasteiger partial charge in [0, 0.05) is 0 Å². The van der Waals surface area contributed by atoms with Gasteiger partial charge in [-0.2, -0.15) is 4.89 Å². The Morgan fingerprint density at radius 1 is 1.09 bits per heavy atom. The summed E-state index contributed by atoms with van der Waals surface area (Å²) in [5, 5.41) is 0. The van der Waals surface area contributed by atoms with Crippen LogP contribution in [0.25, 0.3) is 0 Å². The highest BCUT2D eigenvalue weighted by Gasteiger charge is 2.38. The van der Waals surface area contributed by atoms with E-state index in [-0.39, 0.29) is 25.8 Å². The van der Waals surface area contributed by atoms with Crippen molar-refractivity contribution in [3.8, 4) is 0 Å². The SMILES string of the molecule is CC1OCOOC2OCOC12. The van der Waals surface area contributed by atoms with E-state index in [9.17, 15) is 0 Å². The topological polar surface area (TPSA) is 46.2 Å². The Bertz CT molecular complexity index is 139. The van der Waals surface area contributed by atoms with Gasteiger partial charge in [0.2, 0.25) is 6.29 Å². The average molecular weight is 162 g/mol. The van der Waals surface area contributed by atoms with Crippen molar-refractivity contribution in [1.82, 2.24) is 0 Å². The normalized spacial score (nSPS) is 45.0. The summed E-state index contributed by atoms with van der Waals surface area (Å²) in [7, 11) is 0. The molecule has 2 heterocycles. The van der Waals surface area contributed by atoms with Gasteiger partial charge in [-0.25, -0.2) is 4.89 Å². The summed E-state index contributed by atoms with van der Waals surface area (Å²) >= 11 is 0. The Kier molecular flexibility index (Phi) is 2.06. The van der Waals surface area contributed by atoms with Crippen LogP contribution in [0, 0.1) is 0 Å². The van der Waals surface area contributed by atoms with Crippen molar-refractivity contribution in [2.75, 3.05) is 13.6 Å². The van der Waals surface area contributed by atoms with Crippen LogP contribution in [0.5, 0.6) is 0 Å². The smallest absolute Gasteiger partial charge is 0.222 e. The maximum absolute atomic E-state index is 5.20. The van der Waals surface area contributed by atoms with E-state index in [0.29, 0.717) is 0 Å². The van der Waals surface area contributed by atoms with Crippen molar-refractivity contribution in [3.63, 3.8) is 0 Å². The maximum atomic E-state index is 5.20. The zero-order valence-electron chi connectivity index (χ0n) is 6.19. The van der Waals surface area contributed by atoms with Crippen LogP contribution in [0.2, 0.25) is 0 Å². The first-order valence-corrected chi connectivity index (χ1v) is 3.51. The van der Waals surface area contributed by atoms with Gasteiger partial charge in [0.25, 0.3) is 0 Å². The predicted octanol–water partition coefficient (Wildman–Crippen LogP) is 0.00980. The van der Waals surface area contributed by atoms with Gasteiger partial charge in [0.05, 0.1) is 6.10 Å². The van der Waals surface area contributed by atoms with Crippen LogP contribution in [0.15, 0.2) is 0 Å². The summed E-state index contributed by atoms with van der Waals surface area (Å²) in [5.74, 6) is 0. The first-order valence-electron chi connectivity index (χ1n) is 3.51. The van der Waals surface area contributed by atoms with Crippen molar-refractivity contribution in [3.05, 3.63) is 0 Å². The molecule has 2 aliphatic rings. The summed E-state index contributed by atoms with van der Waals surface area (Å²) < 4.78 is 15.4. The lowest BCUT2D eigenvalue weighted by Gasteiger charge is -2.15. The van der Waals surface area contributed by atoms with E-state index in [2.05, 4.69) is 4.89 Å². The zero-order valence-corrected chi connectivity index (χ0v) is 6.19. The molecule has 0 amide bonds. The van der Waals surface area contributed by atoms with Gasteiger partial charge >= 0.3 is 0 Å². The van der Waals surface area contributed by atoms with Crippen LogP contribution in [0.1, 0.15) is 6.92 Å². The number of rotatable bonds is 0. The summed E-state index contributed by atoms with van der Waals surface area (Å²) in [6, 6.07) is 0. The van der Waals surface area contributed by atoms with Crippen LogP contribution in [-0.2, 0) is 24.0 Å². The van der Waals surface area contributed by atoms with Crippen molar-refractivity contribution in [2.24, 2.45) is 0 Å². The molecule has 2 aliphatic heterocycles. The third kappa shape index (κ3) is 1.38. The predicted molar refractivity (Wildman–Crippen MR) is 32.2 cm³/mol. The second-order valence-corrected chi connectivity index (χ2v) is 2.49. The third-order valence-corrected chi connectivity index (χ3v) is 1.77. The second kappa shape index (κ2) is 3.04. The summed E-state index contributed by atoms with van der Waals surface area (Å²) in [4.78, 5) is 9.48. The van der Waals surface area contributed by atoms with E-state index in [1.54, 1.807) is 0 Å². The van der Waals surface area contributed by atoms with Gasteiger partial charge in [-0.1, -0.05) is 0 Å². The monoisotopic (exact) mass is 162 g/mol. The van der Waals surface area contributed by atoms with Crippen molar-refractivity contribution >= 4 is 0 Å².